The first-order chi connectivity index (χ1) is 11.3. The normalized spacial score (nSPS) is 15.6. The molecule has 0 saturated heterocycles. The average molecular weight is 336 g/mol. The van der Waals surface area contributed by atoms with E-state index in [-0.39, 0.29) is 16.7 Å². The number of carbonyl (C=O) groups is 2. The summed E-state index contributed by atoms with van der Waals surface area (Å²) in [5, 5.41) is 0. The second-order valence-electron chi connectivity index (χ2n) is 5.62. The predicted molar refractivity (Wildman–Crippen MR) is 83.1 cm³/mol. The van der Waals surface area contributed by atoms with Crippen molar-refractivity contribution in [3.8, 4) is 0 Å². The van der Waals surface area contributed by atoms with Crippen LogP contribution in [0.4, 0.5) is 8.78 Å². The lowest BCUT2D eigenvalue weighted by Crippen LogP contribution is -2.26. The van der Waals surface area contributed by atoms with Crippen LogP contribution in [0, 0.1) is 11.6 Å². The Kier molecular flexibility index (Phi) is 5.17. The molecule has 1 aliphatic carbocycles. The van der Waals surface area contributed by atoms with Gasteiger partial charge in [-0.15, -0.1) is 0 Å². The standard InChI is InChI=1S/C18H18F2O4/c1-9-8-10(2)14(18(22)24-4)15(13(9)17(21)23-3)11-6-5-7-12(19)16(11)20/h5-7,15H,8H2,1-4H3. The van der Waals surface area contributed by atoms with E-state index in [0.717, 1.165) is 6.07 Å². The van der Waals surface area contributed by atoms with E-state index in [1.165, 1.54) is 26.4 Å². The highest BCUT2D eigenvalue weighted by molar-refractivity contribution is 6.00. The van der Waals surface area contributed by atoms with Crippen LogP contribution in [0.25, 0.3) is 0 Å². The smallest absolute Gasteiger partial charge is 0.334 e. The van der Waals surface area contributed by atoms with Crippen molar-refractivity contribution in [1.29, 1.82) is 0 Å². The molecule has 1 aromatic rings. The first-order valence-electron chi connectivity index (χ1n) is 7.33. The summed E-state index contributed by atoms with van der Waals surface area (Å²) < 4.78 is 37.7. The molecule has 0 amide bonds. The van der Waals surface area contributed by atoms with Gasteiger partial charge in [0.2, 0.25) is 0 Å². The van der Waals surface area contributed by atoms with Gasteiger partial charge in [0.05, 0.1) is 20.1 Å². The lowest BCUT2D eigenvalue weighted by atomic mass is 9.75. The number of benzene rings is 1. The topological polar surface area (TPSA) is 52.6 Å². The molecule has 0 spiro atoms. The molecule has 0 heterocycles. The van der Waals surface area contributed by atoms with Gasteiger partial charge >= 0.3 is 11.9 Å². The summed E-state index contributed by atoms with van der Waals surface area (Å²) in [6, 6.07) is 3.65. The van der Waals surface area contributed by atoms with Crippen molar-refractivity contribution in [2.45, 2.75) is 26.2 Å². The second kappa shape index (κ2) is 6.95. The van der Waals surface area contributed by atoms with Gasteiger partial charge in [-0.2, -0.15) is 0 Å². The van der Waals surface area contributed by atoms with Crippen molar-refractivity contribution in [3.63, 3.8) is 0 Å². The van der Waals surface area contributed by atoms with Crippen LogP contribution in [0.3, 0.4) is 0 Å². The van der Waals surface area contributed by atoms with Gasteiger partial charge in [-0.1, -0.05) is 23.3 Å². The molecular formula is C18H18F2O4. The molecule has 0 atom stereocenters. The third-order valence-corrected chi connectivity index (χ3v) is 4.13. The SMILES string of the molecule is COC(=O)C1=C(C)CC(C)=C(C(=O)OC)C1c1cccc(F)c1F. The zero-order valence-corrected chi connectivity index (χ0v) is 13.9. The molecule has 0 unspecified atom stereocenters. The highest BCUT2D eigenvalue weighted by Gasteiger charge is 2.38. The van der Waals surface area contributed by atoms with Crippen LogP contribution >= 0.6 is 0 Å². The van der Waals surface area contributed by atoms with Crippen LogP contribution in [0.15, 0.2) is 40.5 Å². The Hall–Kier alpha value is -2.50. The van der Waals surface area contributed by atoms with Gasteiger partial charge in [0.15, 0.2) is 11.6 Å². The van der Waals surface area contributed by atoms with Gasteiger partial charge in [0, 0.05) is 16.7 Å². The van der Waals surface area contributed by atoms with Crippen LogP contribution in [-0.2, 0) is 19.1 Å². The summed E-state index contributed by atoms with van der Waals surface area (Å²) in [7, 11) is 2.40. The maximum Gasteiger partial charge on any atom is 0.334 e. The van der Waals surface area contributed by atoms with Crippen LogP contribution in [-0.4, -0.2) is 26.2 Å². The van der Waals surface area contributed by atoms with Gasteiger partial charge < -0.3 is 9.47 Å². The Morgan fingerprint density at radius 3 is 1.96 bits per heavy atom. The molecule has 24 heavy (non-hydrogen) atoms. The first kappa shape index (κ1) is 17.8. The molecule has 0 saturated carbocycles. The Labute approximate surface area is 138 Å². The van der Waals surface area contributed by atoms with E-state index in [2.05, 4.69) is 0 Å². The molecule has 0 radical (unpaired) electrons. The van der Waals surface area contributed by atoms with E-state index < -0.39 is 29.5 Å². The van der Waals surface area contributed by atoms with E-state index in [9.17, 15) is 18.4 Å². The summed E-state index contributed by atoms with van der Waals surface area (Å²) in [6.45, 7) is 3.40. The largest absolute Gasteiger partial charge is 0.466 e. The Morgan fingerprint density at radius 2 is 1.50 bits per heavy atom. The third kappa shape index (κ3) is 2.96. The quantitative estimate of drug-likeness (QED) is 0.794. The number of halogens is 2. The molecule has 0 fully saturated rings. The molecule has 0 aromatic heterocycles. The Bertz CT molecular complexity index is 724. The van der Waals surface area contributed by atoms with Crippen molar-refractivity contribution >= 4 is 11.9 Å². The van der Waals surface area contributed by atoms with Crippen molar-refractivity contribution in [2.24, 2.45) is 0 Å². The van der Waals surface area contributed by atoms with E-state index in [0.29, 0.717) is 17.6 Å². The molecule has 128 valence electrons. The fourth-order valence-electron chi connectivity index (χ4n) is 3.08. The summed E-state index contributed by atoms with van der Waals surface area (Å²) in [4.78, 5) is 24.5. The molecule has 4 nitrogen and oxygen atoms in total. The van der Waals surface area contributed by atoms with Crippen LogP contribution in [0.5, 0.6) is 0 Å². The molecular weight excluding hydrogens is 318 g/mol. The number of allylic oxidation sites excluding steroid dienone is 2. The maximum atomic E-state index is 14.4. The first-order valence-corrected chi connectivity index (χ1v) is 7.33. The van der Waals surface area contributed by atoms with Crippen LogP contribution < -0.4 is 0 Å². The zero-order valence-electron chi connectivity index (χ0n) is 13.9. The molecule has 6 heteroatoms. The number of methoxy groups -OCH3 is 2. The fraction of sp³-hybridized carbons (Fsp3) is 0.333. The molecule has 2 rings (SSSR count). The maximum absolute atomic E-state index is 14.4. The van der Waals surface area contributed by atoms with Gasteiger partial charge in [-0.05, 0) is 26.3 Å². The minimum Gasteiger partial charge on any atom is -0.466 e. The summed E-state index contributed by atoms with van der Waals surface area (Å²) in [6.07, 6.45) is 0.350. The van der Waals surface area contributed by atoms with Gasteiger partial charge in [-0.25, -0.2) is 18.4 Å². The molecule has 0 aliphatic heterocycles. The van der Waals surface area contributed by atoms with Crippen molar-refractivity contribution in [2.75, 3.05) is 14.2 Å². The van der Waals surface area contributed by atoms with Gasteiger partial charge in [0.1, 0.15) is 0 Å². The fourth-order valence-corrected chi connectivity index (χ4v) is 3.08. The van der Waals surface area contributed by atoms with Crippen molar-refractivity contribution in [1.82, 2.24) is 0 Å². The second-order valence-corrected chi connectivity index (χ2v) is 5.62. The zero-order chi connectivity index (χ0) is 18.0. The number of carbonyl (C=O) groups excluding carboxylic acids is 2. The van der Waals surface area contributed by atoms with E-state index >= 15 is 0 Å². The van der Waals surface area contributed by atoms with E-state index in [4.69, 9.17) is 9.47 Å². The number of ether oxygens (including phenoxy) is 2. The number of rotatable bonds is 3. The van der Waals surface area contributed by atoms with Gasteiger partial charge in [0.25, 0.3) is 0 Å². The molecule has 0 N–H and O–H groups in total. The van der Waals surface area contributed by atoms with E-state index in [1.54, 1.807) is 13.8 Å². The minimum atomic E-state index is -1.10. The van der Waals surface area contributed by atoms with Crippen molar-refractivity contribution < 1.29 is 27.8 Å². The third-order valence-electron chi connectivity index (χ3n) is 4.13. The Balaban J connectivity index is 2.77. The monoisotopic (exact) mass is 336 g/mol. The summed E-state index contributed by atoms with van der Waals surface area (Å²) >= 11 is 0. The minimum absolute atomic E-state index is 0.103. The highest BCUT2D eigenvalue weighted by Crippen LogP contribution is 2.43. The molecule has 1 aliphatic rings. The Morgan fingerprint density at radius 1 is 1.00 bits per heavy atom. The predicted octanol–water partition coefficient (Wildman–Crippen LogP) is 3.43. The van der Waals surface area contributed by atoms with Crippen molar-refractivity contribution in [3.05, 3.63) is 57.7 Å². The molecule has 1 aromatic carbocycles. The number of hydrogen-bond donors (Lipinski definition) is 0. The average Bonchev–Trinajstić information content (AvgIpc) is 2.55. The number of hydrogen-bond acceptors (Lipinski definition) is 4. The summed E-state index contributed by atoms with van der Waals surface area (Å²) in [5.74, 6) is -4.60. The number of esters is 2. The highest BCUT2D eigenvalue weighted by atomic mass is 19.2. The lowest BCUT2D eigenvalue weighted by molar-refractivity contribution is -0.137. The van der Waals surface area contributed by atoms with Crippen LogP contribution in [0.2, 0.25) is 0 Å². The van der Waals surface area contributed by atoms with Gasteiger partial charge in [-0.3, -0.25) is 0 Å². The van der Waals surface area contributed by atoms with Crippen LogP contribution in [0.1, 0.15) is 31.7 Å². The molecule has 0 bridgehead atoms. The van der Waals surface area contributed by atoms with E-state index in [1.807, 2.05) is 0 Å². The summed E-state index contributed by atoms with van der Waals surface area (Å²) in [5.41, 5.74) is 1.44. The lowest BCUT2D eigenvalue weighted by Gasteiger charge is -2.29.